The van der Waals surface area contributed by atoms with Gasteiger partial charge >= 0.3 is 0 Å². The molecule has 0 aliphatic rings. The fraction of sp³-hybridized carbons (Fsp3) is 0. The van der Waals surface area contributed by atoms with Crippen LogP contribution in [0.1, 0.15) is 5.56 Å². The standard InChI is InChI=1S/C7H5Cl2O/c1-4-6(8)2-5(10)3-7(4)9/h2-3,10H,1H2. The lowest BCUT2D eigenvalue weighted by Crippen LogP contribution is -1.76. The Bertz CT molecular complexity index is 235. The number of halogens is 2. The van der Waals surface area contributed by atoms with Gasteiger partial charge in [0, 0.05) is 10.0 Å². The highest BCUT2D eigenvalue weighted by Gasteiger charge is 2.01. The van der Waals surface area contributed by atoms with Crippen LogP contribution in [-0.2, 0) is 0 Å². The summed E-state index contributed by atoms with van der Waals surface area (Å²) in [6.07, 6.45) is 0. The van der Waals surface area contributed by atoms with Crippen LogP contribution in [0.25, 0.3) is 0 Å². The number of phenolic OH excluding ortho intramolecular Hbond substituents is 1. The molecule has 3 heteroatoms. The molecule has 0 fully saturated rings. The lowest BCUT2D eigenvalue weighted by Gasteiger charge is -2.00. The highest BCUT2D eigenvalue weighted by molar-refractivity contribution is 6.36. The molecule has 53 valence electrons. The second-order valence-electron chi connectivity index (χ2n) is 1.89. The smallest absolute Gasteiger partial charge is 0.118 e. The van der Waals surface area contributed by atoms with Gasteiger partial charge in [-0.15, -0.1) is 0 Å². The Morgan fingerprint density at radius 2 is 1.60 bits per heavy atom. The molecule has 1 radical (unpaired) electrons. The molecule has 0 saturated heterocycles. The summed E-state index contributed by atoms with van der Waals surface area (Å²) < 4.78 is 0. The molecule has 0 heterocycles. The lowest BCUT2D eigenvalue weighted by atomic mass is 10.2. The minimum absolute atomic E-state index is 0.0578. The summed E-state index contributed by atoms with van der Waals surface area (Å²) in [6, 6.07) is 2.80. The summed E-state index contributed by atoms with van der Waals surface area (Å²) in [5.74, 6) is 0.0578. The Hall–Kier alpha value is -0.400. The fourth-order valence-corrected chi connectivity index (χ4v) is 1.07. The van der Waals surface area contributed by atoms with Gasteiger partial charge in [0.2, 0.25) is 0 Å². The Kier molecular flexibility index (Phi) is 2.07. The molecule has 0 aliphatic heterocycles. The van der Waals surface area contributed by atoms with Crippen LogP contribution in [0.3, 0.4) is 0 Å². The van der Waals surface area contributed by atoms with Gasteiger partial charge in [0.25, 0.3) is 0 Å². The van der Waals surface area contributed by atoms with E-state index in [1.807, 2.05) is 0 Å². The second-order valence-corrected chi connectivity index (χ2v) is 2.70. The van der Waals surface area contributed by atoms with Crippen LogP contribution in [-0.4, -0.2) is 5.11 Å². The van der Waals surface area contributed by atoms with E-state index in [0.29, 0.717) is 15.6 Å². The molecule has 0 bridgehead atoms. The maximum Gasteiger partial charge on any atom is 0.118 e. The summed E-state index contributed by atoms with van der Waals surface area (Å²) in [7, 11) is 0. The van der Waals surface area contributed by atoms with Gasteiger partial charge in [0.1, 0.15) is 5.75 Å². The zero-order valence-electron chi connectivity index (χ0n) is 5.06. The van der Waals surface area contributed by atoms with Gasteiger partial charge in [-0.25, -0.2) is 0 Å². The predicted molar refractivity (Wildman–Crippen MR) is 42.6 cm³/mol. The molecule has 0 atom stereocenters. The zero-order valence-corrected chi connectivity index (χ0v) is 6.58. The monoisotopic (exact) mass is 175 g/mol. The summed E-state index contributed by atoms with van der Waals surface area (Å²) in [5.41, 5.74) is 0.543. The van der Waals surface area contributed by atoms with Gasteiger partial charge in [-0.05, 0) is 24.6 Å². The number of hydrogen-bond acceptors (Lipinski definition) is 1. The van der Waals surface area contributed by atoms with Gasteiger partial charge in [0.15, 0.2) is 0 Å². The summed E-state index contributed by atoms with van der Waals surface area (Å²) in [6.45, 7) is 3.59. The number of hydrogen-bond donors (Lipinski definition) is 1. The normalized spacial score (nSPS) is 9.90. The van der Waals surface area contributed by atoms with E-state index in [0.717, 1.165) is 0 Å². The van der Waals surface area contributed by atoms with Gasteiger partial charge in [-0.3, -0.25) is 0 Å². The maximum atomic E-state index is 8.92. The Morgan fingerprint density at radius 1 is 1.20 bits per heavy atom. The van der Waals surface area contributed by atoms with E-state index in [4.69, 9.17) is 28.3 Å². The Balaban J connectivity index is 3.31. The number of benzene rings is 1. The fourth-order valence-electron chi connectivity index (χ4n) is 0.590. The second kappa shape index (κ2) is 2.69. The van der Waals surface area contributed by atoms with Crippen molar-refractivity contribution < 1.29 is 5.11 Å². The first-order valence-electron chi connectivity index (χ1n) is 2.61. The van der Waals surface area contributed by atoms with Crippen molar-refractivity contribution in [3.05, 3.63) is 34.7 Å². The molecule has 1 aromatic rings. The first-order valence-corrected chi connectivity index (χ1v) is 3.37. The Morgan fingerprint density at radius 3 is 2.00 bits per heavy atom. The van der Waals surface area contributed by atoms with Crippen molar-refractivity contribution in [3.63, 3.8) is 0 Å². The lowest BCUT2D eigenvalue weighted by molar-refractivity contribution is 0.475. The van der Waals surface area contributed by atoms with Crippen molar-refractivity contribution in [2.24, 2.45) is 0 Å². The van der Waals surface area contributed by atoms with E-state index < -0.39 is 0 Å². The van der Waals surface area contributed by atoms with Crippen molar-refractivity contribution >= 4 is 23.2 Å². The van der Waals surface area contributed by atoms with E-state index in [1.165, 1.54) is 12.1 Å². The highest BCUT2D eigenvalue weighted by Crippen LogP contribution is 2.28. The van der Waals surface area contributed by atoms with Crippen LogP contribution >= 0.6 is 23.2 Å². The van der Waals surface area contributed by atoms with Crippen LogP contribution in [0, 0.1) is 6.92 Å². The van der Waals surface area contributed by atoms with Gasteiger partial charge in [-0.2, -0.15) is 0 Å². The predicted octanol–water partition coefficient (Wildman–Crippen LogP) is 2.88. The zero-order chi connectivity index (χ0) is 7.72. The van der Waals surface area contributed by atoms with Crippen molar-refractivity contribution in [1.29, 1.82) is 0 Å². The number of aromatic hydroxyl groups is 1. The minimum atomic E-state index is 0.0578. The minimum Gasteiger partial charge on any atom is -0.508 e. The van der Waals surface area contributed by atoms with Crippen LogP contribution in [0.15, 0.2) is 12.1 Å². The molecule has 1 N–H and O–H groups in total. The molecule has 1 rings (SSSR count). The third-order valence-corrected chi connectivity index (χ3v) is 1.80. The molecular formula is C7H5Cl2O. The molecule has 0 spiro atoms. The average molecular weight is 176 g/mol. The van der Waals surface area contributed by atoms with Crippen molar-refractivity contribution in [1.82, 2.24) is 0 Å². The summed E-state index contributed by atoms with van der Waals surface area (Å²) in [5, 5.41) is 9.68. The molecule has 0 amide bonds. The Labute approximate surface area is 69.2 Å². The van der Waals surface area contributed by atoms with Crippen molar-refractivity contribution in [2.75, 3.05) is 0 Å². The van der Waals surface area contributed by atoms with E-state index in [-0.39, 0.29) is 5.75 Å². The summed E-state index contributed by atoms with van der Waals surface area (Å²) >= 11 is 11.2. The molecule has 0 unspecified atom stereocenters. The average Bonchev–Trinajstić information content (AvgIpc) is 1.82. The van der Waals surface area contributed by atoms with Gasteiger partial charge < -0.3 is 5.11 Å². The molecular weight excluding hydrogens is 171 g/mol. The molecule has 0 aromatic heterocycles. The number of phenols is 1. The topological polar surface area (TPSA) is 20.2 Å². The SMILES string of the molecule is [CH2]c1c(Cl)cc(O)cc1Cl. The van der Waals surface area contributed by atoms with Crippen molar-refractivity contribution in [2.45, 2.75) is 0 Å². The first kappa shape index (κ1) is 7.70. The largest absolute Gasteiger partial charge is 0.508 e. The highest BCUT2D eigenvalue weighted by atomic mass is 35.5. The molecule has 1 aromatic carbocycles. The molecule has 0 aliphatic carbocycles. The van der Waals surface area contributed by atoms with Gasteiger partial charge in [-0.1, -0.05) is 23.2 Å². The van der Waals surface area contributed by atoms with E-state index >= 15 is 0 Å². The van der Waals surface area contributed by atoms with E-state index in [2.05, 4.69) is 6.92 Å². The summed E-state index contributed by atoms with van der Waals surface area (Å²) in [4.78, 5) is 0. The third kappa shape index (κ3) is 1.36. The number of rotatable bonds is 0. The van der Waals surface area contributed by atoms with Crippen molar-refractivity contribution in [3.8, 4) is 5.75 Å². The van der Waals surface area contributed by atoms with Crippen LogP contribution < -0.4 is 0 Å². The van der Waals surface area contributed by atoms with Crippen LogP contribution in [0.2, 0.25) is 10.0 Å². The quantitative estimate of drug-likeness (QED) is 0.644. The molecule has 1 nitrogen and oxygen atoms in total. The van der Waals surface area contributed by atoms with E-state index in [9.17, 15) is 0 Å². The third-order valence-electron chi connectivity index (χ3n) is 1.13. The first-order chi connectivity index (χ1) is 4.61. The van der Waals surface area contributed by atoms with Crippen LogP contribution in [0.4, 0.5) is 0 Å². The van der Waals surface area contributed by atoms with Crippen LogP contribution in [0.5, 0.6) is 5.75 Å². The van der Waals surface area contributed by atoms with Gasteiger partial charge in [0.05, 0.1) is 0 Å². The molecule has 0 saturated carbocycles. The maximum absolute atomic E-state index is 8.92. The molecule has 10 heavy (non-hydrogen) atoms. The van der Waals surface area contributed by atoms with E-state index in [1.54, 1.807) is 0 Å².